The average Bonchev–Trinajstić information content (AvgIpc) is 2.54. The summed E-state index contributed by atoms with van der Waals surface area (Å²) in [7, 11) is 0. The van der Waals surface area contributed by atoms with Crippen LogP contribution in [0, 0.1) is 0 Å². The predicted octanol–water partition coefficient (Wildman–Crippen LogP) is 1.80. The maximum Gasteiger partial charge on any atom is 0.202 e. The van der Waals surface area contributed by atoms with Crippen molar-refractivity contribution in [3.8, 4) is 0 Å². The summed E-state index contributed by atoms with van der Waals surface area (Å²) in [5.41, 5.74) is 6.62. The largest absolute Gasteiger partial charge is 0.370 e. The van der Waals surface area contributed by atoms with Crippen LogP contribution in [0.5, 0.6) is 0 Å². The summed E-state index contributed by atoms with van der Waals surface area (Å²) in [5, 5.41) is 6.80. The molecule has 1 aliphatic heterocycles. The third-order valence-corrected chi connectivity index (χ3v) is 2.86. The third kappa shape index (κ3) is 3.37. The molecule has 0 bridgehead atoms. The van der Waals surface area contributed by atoms with Gasteiger partial charge in [-0.3, -0.25) is 10.3 Å². The van der Waals surface area contributed by atoms with E-state index in [1.807, 2.05) is 24.3 Å². The van der Waals surface area contributed by atoms with E-state index in [-0.39, 0.29) is 6.04 Å². The number of nitrogens with one attached hydrogen (secondary N) is 2. The first kappa shape index (κ1) is 12.7. The van der Waals surface area contributed by atoms with Gasteiger partial charge in [0.05, 0.1) is 12.6 Å². The highest BCUT2D eigenvalue weighted by Gasteiger charge is 2.11. The lowest BCUT2D eigenvalue weighted by Crippen LogP contribution is -2.40. The van der Waals surface area contributed by atoms with E-state index >= 15 is 0 Å². The van der Waals surface area contributed by atoms with E-state index in [1.165, 1.54) is 0 Å². The second-order valence-electron chi connectivity index (χ2n) is 4.02. The Morgan fingerprint density at radius 3 is 2.83 bits per heavy atom. The van der Waals surface area contributed by atoms with Gasteiger partial charge in [0.15, 0.2) is 5.96 Å². The van der Waals surface area contributed by atoms with Gasteiger partial charge in [-0.25, -0.2) is 4.99 Å². The van der Waals surface area contributed by atoms with E-state index in [9.17, 15) is 0 Å². The van der Waals surface area contributed by atoms with Gasteiger partial charge in [0.2, 0.25) is 5.96 Å². The molecule has 0 fully saturated rings. The molecule has 1 aromatic carbocycles. The van der Waals surface area contributed by atoms with Crippen molar-refractivity contribution in [3.63, 3.8) is 0 Å². The number of guanidine groups is 2. The minimum absolute atomic E-state index is 0.147. The van der Waals surface area contributed by atoms with E-state index in [4.69, 9.17) is 17.3 Å². The number of hydrogen-bond acceptors (Lipinski definition) is 5. The summed E-state index contributed by atoms with van der Waals surface area (Å²) in [6, 6.07) is 7.54. The molecule has 1 aromatic rings. The molecule has 0 saturated heterocycles. The van der Waals surface area contributed by atoms with Crippen molar-refractivity contribution >= 4 is 29.2 Å². The summed E-state index contributed by atoms with van der Waals surface area (Å²) >= 11 is 5.84. The molecule has 0 saturated carbocycles. The molecule has 18 heavy (non-hydrogen) atoms. The summed E-state index contributed by atoms with van der Waals surface area (Å²) < 4.78 is 0. The highest BCUT2D eigenvalue weighted by Crippen LogP contribution is 2.13. The van der Waals surface area contributed by atoms with Crippen LogP contribution in [0.15, 0.2) is 34.3 Å². The second-order valence-corrected chi connectivity index (χ2v) is 4.46. The minimum atomic E-state index is 0.147. The van der Waals surface area contributed by atoms with E-state index < -0.39 is 0 Å². The molecule has 0 spiro atoms. The Balaban J connectivity index is 2.13. The molecule has 0 aliphatic carbocycles. The molecule has 96 valence electrons. The summed E-state index contributed by atoms with van der Waals surface area (Å²) in [6.07, 6.45) is 0.921. The first-order valence-corrected chi connectivity index (χ1v) is 6.22. The predicted molar refractivity (Wildman–Crippen MR) is 76.2 cm³/mol. The highest BCUT2D eigenvalue weighted by molar-refractivity contribution is 6.30. The zero-order valence-electron chi connectivity index (χ0n) is 10.2. The van der Waals surface area contributed by atoms with Gasteiger partial charge in [0.25, 0.3) is 0 Å². The summed E-state index contributed by atoms with van der Waals surface area (Å²) in [4.78, 5) is 8.72. The van der Waals surface area contributed by atoms with Crippen molar-refractivity contribution in [2.75, 3.05) is 11.9 Å². The van der Waals surface area contributed by atoms with E-state index in [0.29, 0.717) is 23.5 Å². The zero-order valence-corrected chi connectivity index (χ0v) is 10.9. The molecule has 6 heteroatoms. The number of aliphatic imine (C=N–C) groups is 2. The van der Waals surface area contributed by atoms with Gasteiger partial charge < -0.3 is 11.1 Å². The van der Waals surface area contributed by atoms with Gasteiger partial charge in [-0.15, -0.1) is 0 Å². The molecule has 1 aliphatic rings. The Hall–Kier alpha value is -1.75. The number of anilines is 1. The van der Waals surface area contributed by atoms with Crippen LogP contribution in [0.25, 0.3) is 0 Å². The second kappa shape index (κ2) is 5.73. The Morgan fingerprint density at radius 2 is 2.17 bits per heavy atom. The maximum atomic E-state index is 5.84. The van der Waals surface area contributed by atoms with Crippen molar-refractivity contribution in [2.24, 2.45) is 15.7 Å². The molecular weight excluding hydrogens is 250 g/mol. The van der Waals surface area contributed by atoms with Gasteiger partial charge in [0.1, 0.15) is 0 Å². The van der Waals surface area contributed by atoms with Crippen molar-refractivity contribution in [3.05, 3.63) is 29.3 Å². The summed E-state index contributed by atoms with van der Waals surface area (Å²) in [6.45, 7) is 2.69. The van der Waals surface area contributed by atoms with E-state index in [0.717, 1.165) is 12.1 Å². The highest BCUT2D eigenvalue weighted by atomic mass is 35.5. The van der Waals surface area contributed by atoms with Crippen molar-refractivity contribution in [1.82, 2.24) is 5.32 Å². The van der Waals surface area contributed by atoms with E-state index in [1.54, 1.807) is 0 Å². The van der Waals surface area contributed by atoms with Gasteiger partial charge in [-0.2, -0.15) is 0 Å². The molecule has 0 amide bonds. The monoisotopic (exact) mass is 265 g/mol. The lowest BCUT2D eigenvalue weighted by Gasteiger charge is -2.11. The van der Waals surface area contributed by atoms with Crippen LogP contribution < -0.4 is 16.4 Å². The fraction of sp³-hybridized carbons (Fsp3) is 0.333. The average molecular weight is 266 g/mol. The molecule has 0 radical (unpaired) electrons. The van der Waals surface area contributed by atoms with E-state index in [2.05, 4.69) is 27.5 Å². The lowest BCUT2D eigenvalue weighted by atomic mass is 10.2. The topological polar surface area (TPSA) is 74.8 Å². The molecule has 0 aromatic heterocycles. The minimum Gasteiger partial charge on any atom is -0.370 e. The summed E-state index contributed by atoms with van der Waals surface area (Å²) in [5.74, 6) is 0.995. The van der Waals surface area contributed by atoms with Gasteiger partial charge >= 0.3 is 0 Å². The van der Waals surface area contributed by atoms with Gasteiger partial charge in [0, 0.05) is 10.7 Å². The number of rotatable bonds is 2. The van der Waals surface area contributed by atoms with Crippen LogP contribution in [-0.2, 0) is 0 Å². The number of nitrogens with zero attached hydrogens (tertiary/aromatic N) is 2. The number of hydrogen-bond donors (Lipinski definition) is 3. The smallest absolute Gasteiger partial charge is 0.202 e. The van der Waals surface area contributed by atoms with Gasteiger partial charge in [-0.1, -0.05) is 18.5 Å². The fourth-order valence-corrected chi connectivity index (χ4v) is 1.70. The lowest BCUT2D eigenvalue weighted by molar-refractivity contribution is 0.666. The molecule has 1 atom stereocenters. The maximum absolute atomic E-state index is 5.84. The quantitative estimate of drug-likeness (QED) is 0.763. The molecular formula is C12H16ClN5. The molecule has 4 N–H and O–H groups in total. The Labute approximate surface area is 111 Å². The van der Waals surface area contributed by atoms with Crippen molar-refractivity contribution < 1.29 is 0 Å². The first-order chi connectivity index (χ1) is 8.67. The van der Waals surface area contributed by atoms with Crippen molar-refractivity contribution in [1.29, 1.82) is 0 Å². The van der Waals surface area contributed by atoms with Crippen LogP contribution in [0.3, 0.4) is 0 Å². The van der Waals surface area contributed by atoms with Crippen molar-refractivity contribution in [2.45, 2.75) is 19.4 Å². The number of halogens is 1. The Morgan fingerprint density at radius 1 is 1.44 bits per heavy atom. The first-order valence-electron chi connectivity index (χ1n) is 5.84. The van der Waals surface area contributed by atoms with Crippen LogP contribution in [0.4, 0.5) is 5.69 Å². The normalized spacial score (nSPS) is 19.3. The van der Waals surface area contributed by atoms with Crippen LogP contribution in [0.1, 0.15) is 13.3 Å². The van der Waals surface area contributed by atoms with Crippen LogP contribution in [-0.4, -0.2) is 24.5 Å². The van der Waals surface area contributed by atoms with Gasteiger partial charge in [-0.05, 0) is 30.7 Å². The Bertz CT molecular complexity index is 466. The molecule has 2 rings (SSSR count). The SMILES string of the molecule is CCC1CN=C(N)NC(Nc2ccc(Cl)cc2)=N1. The zero-order chi connectivity index (χ0) is 13.0. The standard InChI is InChI=1S/C12H16ClN5/c1-2-9-7-15-11(14)18-12(16-9)17-10-5-3-8(13)4-6-10/h3-6,9H,2,7H2,1H3,(H4,14,15,16,17,18). The van der Waals surface area contributed by atoms with Crippen LogP contribution in [0.2, 0.25) is 5.02 Å². The molecule has 5 nitrogen and oxygen atoms in total. The molecule has 1 unspecified atom stereocenters. The van der Waals surface area contributed by atoms with Crippen LogP contribution >= 0.6 is 11.6 Å². The fourth-order valence-electron chi connectivity index (χ4n) is 1.57. The number of nitrogens with two attached hydrogens (primary N) is 1. The molecule has 1 heterocycles. The Kier molecular flexibility index (Phi) is 4.04. The number of benzene rings is 1. The third-order valence-electron chi connectivity index (χ3n) is 2.61.